The molecule has 3 aromatic heterocycles. The number of nitrogens with one attached hydrogen (secondary N) is 2. The van der Waals surface area contributed by atoms with Crippen LogP contribution in [0.4, 0.5) is 5.82 Å². The van der Waals surface area contributed by atoms with Crippen molar-refractivity contribution < 1.29 is 8.42 Å². The fourth-order valence-corrected chi connectivity index (χ4v) is 6.67. The summed E-state index contributed by atoms with van der Waals surface area (Å²) in [6, 6.07) is 12.8. The quantitative estimate of drug-likeness (QED) is 0.318. The number of halogens is 2. The van der Waals surface area contributed by atoms with Crippen LogP contribution in [0, 0.1) is 0 Å². The normalized spacial score (nSPS) is 14.1. The lowest BCUT2D eigenvalue weighted by atomic mass is 10.00. The molecule has 4 aromatic rings. The average Bonchev–Trinajstić information content (AvgIpc) is 3.48. The van der Waals surface area contributed by atoms with Gasteiger partial charge < -0.3 is 5.32 Å². The molecule has 0 saturated carbocycles. The number of sulfonamides is 1. The molecule has 36 heavy (non-hydrogen) atoms. The van der Waals surface area contributed by atoms with Gasteiger partial charge in [0.2, 0.25) is 10.0 Å². The molecule has 2 N–H and O–H groups in total. The number of allylic oxidation sites excluding steroid dienone is 4. The lowest BCUT2D eigenvalue weighted by molar-refractivity contribution is 0.583. The van der Waals surface area contributed by atoms with Crippen molar-refractivity contribution in [3.8, 4) is 0 Å². The van der Waals surface area contributed by atoms with Crippen molar-refractivity contribution in [1.82, 2.24) is 19.3 Å². The van der Waals surface area contributed by atoms with Crippen molar-refractivity contribution in [3.05, 3.63) is 87.0 Å². The highest BCUT2D eigenvalue weighted by Gasteiger charge is 2.17. The van der Waals surface area contributed by atoms with Crippen LogP contribution in [0.3, 0.4) is 0 Å². The Bertz CT molecular complexity index is 1590. The molecule has 0 atom stereocenters. The van der Waals surface area contributed by atoms with E-state index in [1.54, 1.807) is 16.8 Å². The monoisotopic (exact) mass is 557 g/mol. The first-order valence-corrected chi connectivity index (χ1v) is 14.3. The SMILES string of the molecule is Bc1cnn2c(NCc3ccc(CNS(=O)(=O)c4ccc(Cl)s4)cc3)cc(C3=C(Cl)CCC=C3)nc12. The van der Waals surface area contributed by atoms with E-state index < -0.39 is 10.0 Å². The molecule has 1 aliphatic carbocycles. The minimum atomic E-state index is -3.59. The number of hydrogen-bond donors (Lipinski definition) is 2. The summed E-state index contributed by atoms with van der Waals surface area (Å²) in [5.74, 6) is 0.811. The third-order valence-corrected chi connectivity index (χ3v) is 9.32. The van der Waals surface area contributed by atoms with Crippen molar-refractivity contribution in [1.29, 1.82) is 0 Å². The summed E-state index contributed by atoms with van der Waals surface area (Å²) in [5.41, 5.74) is 5.40. The molecule has 1 aromatic carbocycles. The van der Waals surface area contributed by atoms with Gasteiger partial charge in [-0.1, -0.05) is 59.6 Å². The average molecular weight is 558 g/mol. The Hall–Kier alpha value is -2.63. The van der Waals surface area contributed by atoms with E-state index in [2.05, 4.69) is 21.2 Å². The Balaban J connectivity index is 1.30. The summed E-state index contributed by atoms with van der Waals surface area (Å²) < 4.78 is 29.9. The Kier molecular flexibility index (Phi) is 7.23. The summed E-state index contributed by atoms with van der Waals surface area (Å²) in [7, 11) is -1.61. The fourth-order valence-electron chi connectivity index (χ4n) is 3.86. The van der Waals surface area contributed by atoms with Gasteiger partial charge in [-0.2, -0.15) is 9.61 Å². The van der Waals surface area contributed by atoms with E-state index in [0.29, 0.717) is 10.9 Å². The molecule has 184 valence electrons. The van der Waals surface area contributed by atoms with Crippen LogP contribution in [0.15, 0.2) is 70.1 Å². The van der Waals surface area contributed by atoms with E-state index in [1.807, 2.05) is 44.3 Å². The molecule has 0 aliphatic heterocycles. The first-order valence-electron chi connectivity index (χ1n) is 11.3. The second-order valence-electron chi connectivity index (χ2n) is 8.40. The van der Waals surface area contributed by atoms with Gasteiger partial charge in [0.25, 0.3) is 0 Å². The van der Waals surface area contributed by atoms with Crippen molar-refractivity contribution in [3.63, 3.8) is 0 Å². The Morgan fingerprint density at radius 1 is 1.08 bits per heavy atom. The molecular formula is C24H22BCl2N5O2S2. The van der Waals surface area contributed by atoms with Crippen LogP contribution in [0.5, 0.6) is 0 Å². The van der Waals surface area contributed by atoms with Crippen molar-refractivity contribution in [2.75, 3.05) is 5.32 Å². The van der Waals surface area contributed by atoms with Crippen LogP contribution < -0.4 is 15.5 Å². The zero-order valence-electron chi connectivity index (χ0n) is 19.3. The molecule has 0 saturated heterocycles. The Morgan fingerprint density at radius 2 is 1.83 bits per heavy atom. The van der Waals surface area contributed by atoms with Crippen LogP contribution in [-0.2, 0) is 23.1 Å². The molecule has 0 spiro atoms. The highest BCUT2D eigenvalue weighted by molar-refractivity contribution is 7.91. The number of rotatable bonds is 8. The van der Waals surface area contributed by atoms with Crippen LogP contribution in [0.25, 0.3) is 11.2 Å². The zero-order chi connectivity index (χ0) is 25.3. The van der Waals surface area contributed by atoms with Gasteiger partial charge >= 0.3 is 0 Å². The van der Waals surface area contributed by atoms with E-state index in [9.17, 15) is 8.42 Å². The third kappa shape index (κ3) is 5.38. The summed E-state index contributed by atoms with van der Waals surface area (Å²) in [5, 5.41) is 8.75. The van der Waals surface area contributed by atoms with E-state index in [4.69, 9.17) is 28.2 Å². The van der Waals surface area contributed by atoms with Gasteiger partial charge in [0, 0.05) is 36.0 Å². The van der Waals surface area contributed by atoms with Gasteiger partial charge in [0.05, 0.1) is 10.0 Å². The van der Waals surface area contributed by atoms with Crippen molar-refractivity contribution in [2.24, 2.45) is 0 Å². The van der Waals surface area contributed by atoms with E-state index >= 15 is 0 Å². The van der Waals surface area contributed by atoms with Gasteiger partial charge in [0.15, 0.2) is 5.65 Å². The lowest BCUT2D eigenvalue weighted by Gasteiger charge is -2.14. The molecule has 12 heteroatoms. The van der Waals surface area contributed by atoms with Crippen LogP contribution in [0.2, 0.25) is 4.34 Å². The number of hydrogen-bond acceptors (Lipinski definition) is 6. The largest absolute Gasteiger partial charge is 0.366 e. The van der Waals surface area contributed by atoms with E-state index in [0.717, 1.165) is 68.5 Å². The highest BCUT2D eigenvalue weighted by atomic mass is 35.5. The number of thiophene rings is 1. The van der Waals surface area contributed by atoms with Gasteiger partial charge in [-0.15, -0.1) is 11.3 Å². The predicted octanol–water partition coefficient (Wildman–Crippen LogP) is 4.09. The summed E-state index contributed by atoms with van der Waals surface area (Å²) in [6.07, 6.45) is 7.68. The second-order valence-corrected chi connectivity index (χ2v) is 12.6. The third-order valence-electron chi connectivity index (χ3n) is 5.81. The summed E-state index contributed by atoms with van der Waals surface area (Å²) >= 11 is 13.4. The predicted molar refractivity (Wildman–Crippen MR) is 149 cm³/mol. The second kappa shape index (κ2) is 10.4. The summed E-state index contributed by atoms with van der Waals surface area (Å²) in [6.45, 7) is 0.746. The number of anilines is 1. The number of aromatic nitrogens is 3. The first kappa shape index (κ1) is 25.0. The minimum absolute atomic E-state index is 0.190. The van der Waals surface area contributed by atoms with Gasteiger partial charge in [0.1, 0.15) is 17.9 Å². The maximum atomic E-state index is 12.4. The zero-order valence-corrected chi connectivity index (χ0v) is 22.5. The molecule has 0 fully saturated rings. The molecule has 0 radical (unpaired) electrons. The molecule has 0 amide bonds. The van der Waals surface area contributed by atoms with Crippen molar-refractivity contribution >= 4 is 74.9 Å². The molecule has 0 unspecified atom stereocenters. The first-order chi connectivity index (χ1) is 17.3. The maximum absolute atomic E-state index is 12.4. The maximum Gasteiger partial charge on any atom is 0.250 e. The van der Waals surface area contributed by atoms with E-state index in [-0.39, 0.29) is 10.8 Å². The molecule has 3 heterocycles. The molecule has 7 nitrogen and oxygen atoms in total. The minimum Gasteiger partial charge on any atom is -0.366 e. The fraction of sp³-hybridized carbons (Fsp3) is 0.167. The van der Waals surface area contributed by atoms with Crippen LogP contribution in [0.1, 0.15) is 29.7 Å². The standard InChI is InChI=1S/C24H22BCl2N5O2S2/c25-18-14-29-32-22(11-20(31-24(18)32)17-3-1-2-4-19(17)26)28-12-15-5-7-16(8-6-15)13-30-36(33,34)23-10-9-21(27)35-23/h1,3,5-11,14,28,30H,2,4,12-13,25H2. The Morgan fingerprint density at radius 3 is 2.53 bits per heavy atom. The number of benzene rings is 1. The summed E-state index contributed by atoms with van der Waals surface area (Å²) in [4.78, 5) is 4.80. The van der Waals surface area contributed by atoms with Crippen LogP contribution >= 0.6 is 34.5 Å². The lowest BCUT2D eigenvalue weighted by Crippen LogP contribution is -2.22. The number of fused-ring (bicyclic) bond motifs is 1. The van der Waals surface area contributed by atoms with E-state index in [1.165, 1.54) is 6.07 Å². The van der Waals surface area contributed by atoms with Gasteiger partial charge in [-0.25, -0.2) is 18.1 Å². The van der Waals surface area contributed by atoms with Crippen LogP contribution in [-0.4, -0.2) is 30.9 Å². The van der Waals surface area contributed by atoms with Crippen molar-refractivity contribution in [2.45, 2.75) is 30.1 Å². The van der Waals surface area contributed by atoms with Gasteiger partial charge in [-0.3, -0.25) is 0 Å². The topological polar surface area (TPSA) is 88.4 Å². The smallest absolute Gasteiger partial charge is 0.250 e. The molecule has 5 rings (SSSR count). The molecular weight excluding hydrogens is 536 g/mol. The van der Waals surface area contributed by atoms with Gasteiger partial charge in [-0.05, 0) is 41.6 Å². The Labute approximate surface area is 224 Å². The molecule has 0 bridgehead atoms. The highest BCUT2D eigenvalue weighted by Crippen LogP contribution is 2.30. The number of nitrogens with zero attached hydrogens (tertiary/aromatic N) is 3. The molecule has 1 aliphatic rings.